The van der Waals surface area contributed by atoms with Crippen molar-refractivity contribution in [2.24, 2.45) is 5.73 Å². The molecule has 0 saturated heterocycles. The third-order valence-corrected chi connectivity index (χ3v) is 2.41. The van der Waals surface area contributed by atoms with Crippen LogP contribution in [0.5, 0.6) is 0 Å². The predicted octanol–water partition coefficient (Wildman–Crippen LogP) is 2.01. The van der Waals surface area contributed by atoms with Crippen molar-refractivity contribution in [1.82, 2.24) is 9.78 Å². The van der Waals surface area contributed by atoms with E-state index in [1.807, 2.05) is 10.9 Å². The molecule has 4 heteroatoms. The summed E-state index contributed by atoms with van der Waals surface area (Å²) in [6, 6.07) is 0. The van der Waals surface area contributed by atoms with Crippen molar-refractivity contribution in [2.45, 2.75) is 32.7 Å². The molecule has 0 atom stereocenters. The molecule has 0 aliphatic rings. The van der Waals surface area contributed by atoms with Crippen molar-refractivity contribution < 1.29 is 0 Å². The lowest BCUT2D eigenvalue weighted by molar-refractivity contribution is 0.585. The summed E-state index contributed by atoms with van der Waals surface area (Å²) in [7, 11) is 0. The molecule has 0 amide bonds. The zero-order chi connectivity index (χ0) is 9.84. The summed E-state index contributed by atoms with van der Waals surface area (Å²) in [5.41, 5.74) is 6.52. The van der Waals surface area contributed by atoms with Gasteiger partial charge in [-0.1, -0.05) is 25.4 Å². The second kappa shape index (κ2) is 4.63. The summed E-state index contributed by atoms with van der Waals surface area (Å²) in [5.74, 6) is 0.430. The van der Waals surface area contributed by atoms with Crippen LogP contribution in [0.2, 0.25) is 5.15 Å². The molecule has 3 nitrogen and oxygen atoms in total. The fourth-order valence-electron chi connectivity index (χ4n) is 1.17. The molecule has 0 bridgehead atoms. The number of hydrogen-bond acceptors (Lipinski definition) is 2. The Morgan fingerprint density at radius 1 is 1.62 bits per heavy atom. The lowest BCUT2D eigenvalue weighted by Crippen LogP contribution is -2.07. The fourth-order valence-corrected chi connectivity index (χ4v) is 1.56. The highest BCUT2D eigenvalue weighted by Crippen LogP contribution is 2.23. The highest BCUT2D eigenvalue weighted by Gasteiger charge is 2.10. The second-order valence-corrected chi connectivity index (χ2v) is 3.77. The van der Waals surface area contributed by atoms with E-state index in [-0.39, 0.29) is 0 Å². The van der Waals surface area contributed by atoms with Gasteiger partial charge in [-0.3, -0.25) is 4.68 Å². The van der Waals surface area contributed by atoms with Gasteiger partial charge in [0.2, 0.25) is 0 Å². The molecule has 0 radical (unpaired) electrons. The van der Waals surface area contributed by atoms with Gasteiger partial charge in [0.25, 0.3) is 0 Å². The maximum absolute atomic E-state index is 6.11. The van der Waals surface area contributed by atoms with Gasteiger partial charge in [-0.25, -0.2) is 0 Å². The Bertz CT molecular complexity index is 268. The summed E-state index contributed by atoms with van der Waals surface area (Å²) in [5, 5.41) is 4.96. The molecule has 0 unspecified atom stereocenters. The van der Waals surface area contributed by atoms with Crippen LogP contribution in [0.15, 0.2) is 6.20 Å². The van der Waals surface area contributed by atoms with E-state index in [0.29, 0.717) is 12.5 Å². The smallest absolute Gasteiger partial charge is 0.130 e. The van der Waals surface area contributed by atoms with Gasteiger partial charge in [0.05, 0.1) is 6.20 Å². The number of aryl methyl sites for hydroxylation is 1. The molecule has 0 spiro atoms. The molecule has 0 aliphatic heterocycles. The molecule has 1 rings (SSSR count). The van der Waals surface area contributed by atoms with Crippen molar-refractivity contribution in [3.63, 3.8) is 0 Å². The minimum atomic E-state index is 0.430. The molecule has 74 valence electrons. The summed E-state index contributed by atoms with van der Waals surface area (Å²) in [6.45, 7) is 5.70. The lowest BCUT2D eigenvalue weighted by atomic mass is 10.1. The van der Waals surface area contributed by atoms with Crippen molar-refractivity contribution in [2.75, 3.05) is 6.54 Å². The average molecular weight is 202 g/mol. The highest BCUT2D eigenvalue weighted by atomic mass is 35.5. The summed E-state index contributed by atoms with van der Waals surface area (Å²) >= 11 is 6.11. The standard InChI is InChI=1S/C9H16ClN3/c1-7(2)8-6-12-13(9(8)10)5-3-4-11/h6-7H,3-5,11H2,1-2H3. The van der Waals surface area contributed by atoms with Crippen molar-refractivity contribution in [3.05, 3.63) is 16.9 Å². The Labute approximate surface area is 83.9 Å². The van der Waals surface area contributed by atoms with E-state index in [9.17, 15) is 0 Å². The number of halogens is 1. The maximum Gasteiger partial charge on any atom is 0.130 e. The topological polar surface area (TPSA) is 43.8 Å². The minimum Gasteiger partial charge on any atom is -0.330 e. The first-order valence-electron chi connectivity index (χ1n) is 4.58. The van der Waals surface area contributed by atoms with Crippen molar-refractivity contribution in [3.8, 4) is 0 Å². The SMILES string of the molecule is CC(C)c1cnn(CCCN)c1Cl. The molecule has 1 aromatic rings. The van der Waals surface area contributed by atoms with E-state index < -0.39 is 0 Å². The first kappa shape index (κ1) is 10.5. The monoisotopic (exact) mass is 201 g/mol. The van der Waals surface area contributed by atoms with Gasteiger partial charge in [0, 0.05) is 12.1 Å². The summed E-state index contributed by atoms with van der Waals surface area (Å²) in [6.07, 6.45) is 2.75. The van der Waals surface area contributed by atoms with Crippen LogP contribution in [0.3, 0.4) is 0 Å². The Hall–Kier alpha value is -0.540. The number of hydrogen-bond donors (Lipinski definition) is 1. The van der Waals surface area contributed by atoms with Crippen LogP contribution >= 0.6 is 11.6 Å². The van der Waals surface area contributed by atoms with E-state index in [1.54, 1.807) is 0 Å². The Balaban J connectivity index is 2.74. The van der Waals surface area contributed by atoms with E-state index in [4.69, 9.17) is 17.3 Å². The molecule has 0 saturated carbocycles. The largest absolute Gasteiger partial charge is 0.330 e. The van der Waals surface area contributed by atoms with Gasteiger partial charge in [-0.05, 0) is 18.9 Å². The van der Waals surface area contributed by atoms with Crippen LogP contribution < -0.4 is 5.73 Å². The summed E-state index contributed by atoms with van der Waals surface area (Å²) in [4.78, 5) is 0. The summed E-state index contributed by atoms with van der Waals surface area (Å²) < 4.78 is 1.81. The van der Waals surface area contributed by atoms with Crippen LogP contribution in [0.25, 0.3) is 0 Å². The van der Waals surface area contributed by atoms with Crippen molar-refractivity contribution >= 4 is 11.6 Å². The van der Waals surface area contributed by atoms with Crippen LogP contribution in [0.1, 0.15) is 31.7 Å². The van der Waals surface area contributed by atoms with E-state index in [2.05, 4.69) is 18.9 Å². The highest BCUT2D eigenvalue weighted by molar-refractivity contribution is 6.30. The molecule has 2 N–H and O–H groups in total. The zero-order valence-electron chi connectivity index (χ0n) is 8.13. The minimum absolute atomic E-state index is 0.430. The fraction of sp³-hybridized carbons (Fsp3) is 0.667. The molecule has 0 aromatic carbocycles. The molecular formula is C9H16ClN3. The lowest BCUT2D eigenvalue weighted by Gasteiger charge is -2.04. The van der Waals surface area contributed by atoms with Crippen molar-refractivity contribution in [1.29, 1.82) is 0 Å². The number of nitrogens with zero attached hydrogens (tertiary/aromatic N) is 2. The van der Waals surface area contributed by atoms with Gasteiger partial charge < -0.3 is 5.73 Å². The number of nitrogens with two attached hydrogens (primary N) is 1. The van der Waals surface area contributed by atoms with Gasteiger partial charge in [0.15, 0.2) is 0 Å². The van der Waals surface area contributed by atoms with Gasteiger partial charge in [0.1, 0.15) is 5.15 Å². The zero-order valence-corrected chi connectivity index (χ0v) is 8.88. The molecule has 0 aliphatic carbocycles. The molecule has 0 fully saturated rings. The Kier molecular flexibility index (Phi) is 3.75. The van der Waals surface area contributed by atoms with Crippen LogP contribution in [-0.4, -0.2) is 16.3 Å². The number of aromatic nitrogens is 2. The van der Waals surface area contributed by atoms with E-state index in [1.165, 1.54) is 0 Å². The van der Waals surface area contributed by atoms with Gasteiger partial charge in [-0.2, -0.15) is 5.10 Å². The van der Waals surface area contributed by atoms with Gasteiger partial charge in [-0.15, -0.1) is 0 Å². The van der Waals surface area contributed by atoms with Crippen LogP contribution in [0.4, 0.5) is 0 Å². The van der Waals surface area contributed by atoms with E-state index >= 15 is 0 Å². The van der Waals surface area contributed by atoms with Crippen LogP contribution in [0, 0.1) is 0 Å². The molecule has 13 heavy (non-hydrogen) atoms. The third-order valence-electron chi connectivity index (χ3n) is 2.00. The second-order valence-electron chi connectivity index (χ2n) is 3.41. The Morgan fingerprint density at radius 2 is 2.31 bits per heavy atom. The third kappa shape index (κ3) is 2.45. The maximum atomic E-state index is 6.11. The Morgan fingerprint density at radius 3 is 2.77 bits per heavy atom. The predicted molar refractivity (Wildman–Crippen MR) is 55.0 cm³/mol. The average Bonchev–Trinajstić information content (AvgIpc) is 2.43. The van der Waals surface area contributed by atoms with Crippen LogP contribution in [-0.2, 0) is 6.54 Å². The van der Waals surface area contributed by atoms with Gasteiger partial charge >= 0.3 is 0 Å². The quantitative estimate of drug-likeness (QED) is 0.810. The van der Waals surface area contributed by atoms with E-state index in [0.717, 1.165) is 23.7 Å². The number of rotatable bonds is 4. The normalized spacial score (nSPS) is 11.2. The molecule has 1 heterocycles. The molecular weight excluding hydrogens is 186 g/mol. The first-order valence-corrected chi connectivity index (χ1v) is 4.96. The molecule has 1 aromatic heterocycles. The first-order chi connectivity index (χ1) is 6.16.